The zero-order valence-electron chi connectivity index (χ0n) is 14.2. The molecular formula is C18H15ClF2N4O2. The van der Waals surface area contributed by atoms with Crippen LogP contribution < -0.4 is 10.9 Å². The standard InChI is InChI=1S/C18H15ClF2N4O2/c1-25(18(27)24-11-2-4-22-16(19)6-11)5-3-10-9-23-17(26)13-8-15(21)14(20)7-12(10)13/h2,4,6-9H,3,5H2,1H3,(H,23,26)(H,22,24,27). The summed E-state index contributed by atoms with van der Waals surface area (Å²) in [4.78, 5) is 31.8. The van der Waals surface area contributed by atoms with Gasteiger partial charge in [-0.2, -0.15) is 0 Å². The van der Waals surface area contributed by atoms with E-state index in [-0.39, 0.29) is 23.1 Å². The molecule has 0 atom stereocenters. The van der Waals surface area contributed by atoms with Crippen LogP contribution >= 0.6 is 11.6 Å². The van der Waals surface area contributed by atoms with Crippen LogP contribution in [0.2, 0.25) is 5.15 Å². The number of hydrogen-bond donors (Lipinski definition) is 2. The molecule has 2 heterocycles. The predicted octanol–water partition coefficient (Wildman–Crippen LogP) is 3.56. The lowest BCUT2D eigenvalue weighted by atomic mass is 10.0. The number of pyridine rings is 2. The molecule has 0 aliphatic carbocycles. The van der Waals surface area contributed by atoms with Crippen LogP contribution in [0, 0.1) is 11.6 Å². The Morgan fingerprint density at radius 1 is 1.26 bits per heavy atom. The van der Waals surface area contributed by atoms with Crippen molar-refractivity contribution in [2.24, 2.45) is 0 Å². The van der Waals surface area contributed by atoms with Crippen LogP contribution in [-0.4, -0.2) is 34.5 Å². The van der Waals surface area contributed by atoms with Gasteiger partial charge in [-0.25, -0.2) is 18.6 Å². The summed E-state index contributed by atoms with van der Waals surface area (Å²) < 4.78 is 27.0. The summed E-state index contributed by atoms with van der Waals surface area (Å²) in [6.45, 7) is 0.283. The van der Waals surface area contributed by atoms with E-state index in [9.17, 15) is 18.4 Å². The SMILES string of the molecule is CN(CCc1c[nH]c(=O)c2cc(F)c(F)cc12)C(=O)Nc1ccnc(Cl)c1. The molecule has 0 aliphatic heterocycles. The molecule has 0 spiro atoms. The second-order valence-corrected chi connectivity index (χ2v) is 6.31. The molecule has 27 heavy (non-hydrogen) atoms. The van der Waals surface area contributed by atoms with Gasteiger partial charge >= 0.3 is 6.03 Å². The number of H-pyrrole nitrogens is 1. The number of likely N-dealkylation sites (N-methyl/N-ethyl adjacent to an activating group) is 1. The Morgan fingerprint density at radius 3 is 2.67 bits per heavy atom. The summed E-state index contributed by atoms with van der Waals surface area (Å²) >= 11 is 5.78. The number of amides is 2. The van der Waals surface area contributed by atoms with E-state index in [2.05, 4.69) is 15.3 Å². The molecule has 9 heteroatoms. The molecule has 2 amide bonds. The van der Waals surface area contributed by atoms with Gasteiger partial charge in [0.1, 0.15) is 5.15 Å². The minimum Gasteiger partial charge on any atom is -0.328 e. The molecule has 6 nitrogen and oxygen atoms in total. The molecule has 0 fully saturated rings. The van der Waals surface area contributed by atoms with Gasteiger partial charge in [0, 0.05) is 31.7 Å². The third kappa shape index (κ3) is 4.22. The highest BCUT2D eigenvalue weighted by atomic mass is 35.5. The molecule has 0 aliphatic rings. The van der Waals surface area contributed by atoms with Crippen molar-refractivity contribution in [3.8, 4) is 0 Å². The van der Waals surface area contributed by atoms with E-state index >= 15 is 0 Å². The van der Waals surface area contributed by atoms with Crippen LogP contribution in [0.3, 0.4) is 0 Å². The number of urea groups is 1. The molecule has 2 N–H and O–H groups in total. The zero-order valence-corrected chi connectivity index (χ0v) is 15.0. The number of anilines is 1. The van der Waals surface area contributed by atoms with E-state index < -0.39 is 17.2 Å². The van der Waals surface area contributed by atoms with E-state index in [1.54, 1.807) is 13.1 Å². The Kier molecular flexibility index (Phi) is 5.36. The van der Waals surface area contributed by atoms with Gasteiger partial charge in [-0.05, 0) is 41.6 Å². The smallest absolute Gasteiger partial charge is 0.321 e. The van der Waals surface area contributed by atoms with E-state index in [0.29, 0.717) is 23.1 Å². The second kappa shape index (κ2) is 7.71. The Balaban J connectivity index is 1.74. The summed E-state index contributed by atoms with van der Waals surface area (Å²) in [5.41, 5.74) is 0.585. The number of aromatic nitrogens is 2. The summed E-state index contributed by atoms with van der Waals surface area (Å²) in [6.07, 6.45) is 3.24. The highest BCUT2D eigenvalue weighted by Gasteiger charge is 2.13. The Labute approximate surface area is 157 Å². The second-order valence-electron chi connectivity index (χ2n) is 5.92. The van der Waals surface area contributed by atoms with Crippen molar-refractivity contribution in [2.45, 2.75) is 6.42 Å². The molecule has 0 bridgehead atoms. The van der Waals surface area contributed by atoms with Crippen LogP contribution in [0.25, 0.3) is 10.8 Å². The molecule has 3 rings (SSSR count). The lowest BCUT2D eigenvalue weighted by Gasteiger charge is -2.18. The van der Waals surface area contributed by atoms with Gasteiger partial charge in [-0.15, -0.1) is 0 Å². The van der Waals surface area contributed by atoms with Gasteiger partial charge in [-0.1, -0.05) is 11.6 Å². The fraction of sp³-hybridized carbons (Fsp3) is 0.167. The monoisotopic (exact) mass is 392 g/mol. The largest absolute Gasteiger partial charge is 0.328 e. The third-order valence-electron chi connectivity index (χ3n) is 4.07. The molecule has 2 aromatic heterocycles. The number of benzene rings is 1. The first-order chi connectivity index (χ1) is 12.8. The normalized spacial score (nSPS) is 10.8. The number of fused-ring (bicyclic) bond motifs is 1. The van der Waals surface area contributed by atoms with E-state index in [1.165, 1.54) is 23.4 Å². The predicted molar refractivity (Wildman–Crippen MR) is 99.1 cm³/mol. The van der Waals surface area contributed by atoms with Crippen LogP contribution in [0.15, 0.2) is 41.5 Å². The molecule has 0 saturated heterocycles. The van der Waals surface area contributed by atoms with Gasteiger partial charge in [0.15, 0.2) is 11.6 Å². The molecule has 0 radical (unpaired) electrons. The minimum absolute atomic E-state index is 0.0601. The maximum Gasteiger partial charge on any atom is 0.321 e. The molecule has 1 aromatic carbocycles. The number of hydrogen-bond acceptors (Lipinski definition) is 3. The van der Waals surface area contributed by atoms with Crippen LogP contribution in [0.4, 0.5) is 19.3 Å². The van der Waals surface area contributed by atoms with Crippen molar-refractivity contribution in [3.05, 3.63) is 69.4 Å². The summed E-state index contributed by atoms with van der Waals surface area (Å²) in [6, 6.07) is 4.61. The van der Waals surface area contributed by atoms with Crippen molar-refractivity contribution in [1.29, 1.82) is 0 Å². The van der Waals surface area contributed by atoms with Gasteiger partial charge in [0.25, 0.3) is 5.56 Å². The Bertz CT molecular complexity index is 1070. The maximum absolute atomic E-state index is 13.6. The molecule has 140 valence electrons. The highest BCUT2D eigenvalue weighted by molar-refractivity contribution is 6.29. The number of aromatic amines is 1. The summed E-state index contributed by atoms with van der Waals surface area (Å²) in [5, 5.41) is 3.30. The number of carbonyl (C=O) groups is 1. The highest BCUT2D eigenvalue weighted by Crippen LogP contribution is 2.19. The quantitative estimate of drug-likeness (QED) is 0.666. The van der Waals surface area contributed by atoms with Gasteiger partial charge in [0.05, 0.1) is 5.39 Å². The molecule has 0 saturated carbocycles. The maximum atomic E-state index is 13.6. The van der Waals surface area contributed by atoms with Crippen molar-refractivity contribution < 1.29 is 13.6 Å². The summed E-state index contributed by atoms with van der Waals surface area (Å²) in [5.74, 6) is -2.12. The van der Waals surface area contributed by atoms with Crippen LogP contribution in [-0.2, 0) is 6.42 Å². The first-order valence-corrected chi connectivity index (χ1v) is 8.36. The van der Waals surface area contributed by atoms with Gasteiger partial charge in [0.2, 0.25) is 0 Å². The number of halogens is 3. The fourth-order valence-electron chi connectivity index (χ4n) is 2.60. The fourth-order valence-corrected chi connectivity index (χ4v) is 2.78. The lowest BCUT2D eigenvalue weighted by Crippen LogP contribution is -2.33. The van der Waals surface area contributed by atoms with Gasteiger partial charge in [-0.3, -0.25) is 4.79 Å². The van der Waals surface area contributed by atoms with Crippen molar-refractivity contribution in [2.75, 3.05) is 18.9 Å². The zero-order chi connectivity index (χ0) is 19.6. The third-order valence-corrected chi connectivity index (χ3v) is 4.28. The minimum atomic E-state index is -1.09. The first-order valence-electron chi connectivity index (χ1n) is 7.98. The van der Waals surface area contributed by atoms with E-state index in [0.717, 1.165) is 12.1 Å². The Hall–Kier alpha value is -3.00. The van der Waals surface area contributed by atoms with Crippen molar-refractivity contribution >= 4 is 34.1 Å². The first kappa shape index (κ1) is 18.8. The topological polar surface area (TPSA) is 78.1 Å². The molecular weight excluding hydrogens is 378 g/mol. The van der Waals surface area contributed by atoms with Crippen molar-refractivity contribution in [3.63, 3.8) is 0 Å². The number of carbonyl (C=O) groups excluding carboxylic acids is 1. The number of nitrogens with zero attached hydrogens (tertiary/aromatic N) is 2. The van der Waals surface area contributed by atoms with E-state index in [4.69, 9.17) is 11.6 Å². The average molecular weight is 393 g/mol. The number of nitrogens with one attached hydrogen (secondary N) is 2. The molecule has 0 unspecified atom stereocenters. The average Bonchev–Trinajstić information content (AvgIpc) is 2.62. The summed E-state index contributed by atoms with van der Waals surface area (Å²) in [7, 11) is 1.59. The number of rotatable bonds is 4. The lowest BCUT2D eigenvalue weighted by molar-refractivity contribution is 0.223. The van der Waals surface area contributed by atoms with Crippen molar-refractivity contribution in [1.82, 2.24) is 14.9 Å². The molecule has 3 aromatic rings. The van der Waals surface area contributed by atoms with E-state index in [1.807, 2.05) is 0 Å². The van der Waals surface area contributed by atoms with Crippen LogP contribution in [0.5, 0.6) is 0 Å². The Morgan fingerprint density at radius 2 is 1.96 bits per heavy atom. The van der Waals surface area contributed by atoms with Gasteiger partial charge < -0.3 is 15.2 Å². The van der Waals surface area contributed by atoms with Crippen LogP contribution in [0.1, 0.15) is 5.56 Å².